The molecule has 0 spiro atoms. The summed E-state index contributed by atoms with van der Waals surface area (Å²) in [5.74, 6) is -0.991. The maximum absolute atomic E-state index is 11.5. The fourth-order valence-electron chi connectivity index (χ4n) is 2.65. The Morgan fingerprint density at radius 1 is 1.55 bits per heavy atom. The predicted octanol–water partition coefficient (Wildman–Crippen LogP) is 2.31. The molecule has 1 aliphatic rings. The molecule has 0 aliphatic carbocycles. The third-order valence-corrected chi connectivity index (χ3v) is 3.99. The van der Waals surface area contributed by atoms with Gasteiger partial charge in [0.2, 0.25) is 0 Å². The average Bonchev–Trinajstić information content (AvgIpc) is 2.71. The summed E-state index contributed by atoms with van der Waals surface area (Å²) in [7, 11) is 0. The largest absolute Gasteiger partial charge is 0.478 e. The van der Waals surface area contributed by atoms with Gasteiger partial charge in [-0.25, -0.2) is 4.79 Å². The van der Waals surface area contributed by atoms with Gasteiger partial charge in [0.1, 0.15) is 5.56 Å². The summed E-state index contributed by atoms with van der Waals surface area (Å²) in [5, 5.41) is 12.9. The van der Waals surface area contributed by atoms with Crippen molar-refractivity contribution < 1.29 is 9.90 Å². The van der Waals surface area contributed by atoms with Crippen molar-refractivity contribution in [1.29, 1.82) is 0 Å². The van der Waals surface area contributed by atoms with E-state index in [4.69, 9.17) is 11.6 Å². The number of hydrogen-bond acceptors (Lipinski definition) is 3. The van der Waals surface area contributed by atoms with Gasteiger partial charge in [0.25, 0.3) is 0 Å². The van der Waals surface area contributed by atoms with Crippen molar-refractivity contribution in [3.05, 3.63) is 40.3 Å². The summed E-state index contributed by atoms with van der Waals surface area (Å²) in [6.45, 7) is 3.98. The first-order valence-corrected chi connectivity index (χ1v) is 6.75. The van der Waals surface area contributed by atoms with E-state index < -0.39 is 5.97 Å². The van der Waals surface area contributed by atoms with Crippen LogP contribution in [0, 0.1) is 6.92 Å². The Morgan fingerprint density at radius 2 is 2.35 bits per heavy atom. The molecule has 0 saturated heterocycles. The maximum atomic E-state index is 11.5. The number of carboxylic acid groups (broad SMARTS) is 1. The normalized spacial score (nSPS) is 14.1. The number of aryl methyl sites for hydroxylation is 1. The average molecular weight is 292 g/mol. The van der Waals surface area contributed by atoms with Crippen molar-refractivity contribution in [3.63, 3.8) is 0 Å². The zero-order chi connectivity index (χ0) is 14.3. The molecule has 2 N–H and O–H groups in total. The molecule has 2 aromatic heterocycles. The lowest BCUT2D eigenvalue weighted by Gasteiger charge is -2.20. The number of nitrogens with one attached hydrogen (secondary N) is 1. The summed E-state index contributed by atoms with van der Waals surface area (Å²) in [6.07, 6.45) is 3.45. The van der Waals surface area contributed by atoms with E-state index in [1.54, 1.807) is 12.4 Å². The lowest BCUT2D eigenvalue weighted by Crippen LogP contribution is -2.29. The van der Waals surface area contributed by atoms with Crippen LogP contribution < -0.4 is 5.32 Å². The maximum Gasteiger partial charge on any atom is 0.339 e. The van der Waals surface area contributed by atoms with Gasteiger partial charge in [-0.3, -0.25) is 4.98 Å². The minimum absolute atomic E-state index is 0.192. The van der Waals surface area contributed by atoms with Crippen LogP contribution in [-0.4, -0.2) is 27.2 Å². The van der Waals surface area contributed by atoms with E-state index in [0.29, 0.717) is 18.1 Å². The van der Waals surface area contributed by atoms with Crippen LogP contribution in [0.3, 0.4) is 0 Å². The van der Waals surface area contributed by atoms with Crippen molar-refractivity contribution in [2.24, 2.45) is 0 Å². The number of nitrogens with zero attached hydrogens (tertiary/aromatic N) is 2. The van der Waals surface area contributed by atoms with Crippen LogP contribution >= 0.6 is 11.6 Å². The summed E-state index contributed by atoms with van der Waals surface area (Å²) in [6, 6.07) is 1.90. The van der Waals surface area contributed by atoms with Crippen LogP contribution in [0.2, 0.25) is 5.02 Å². The summed E-state index contributed by atoms with van der Waals surface area (Å²) in [4.78, 5) is 15.6. The van der Waals surface area contributed by atoms with Crippen LogP contribution in [0.1, 0.15) is 21.6 Å². The zero-order valence-electron chi connectivity index (χ0n) is 11.0. The molecule has 0 atom stereocenters. The number of carbonyl (C=O) groups is 1. The highest BCUT2D eigenvalue weighted by molar-refractivity contribution is 6.36. The lowest BCUT2D eigenvalue weighted by atomic mass is 10.1. The van der Waals surface area contributed by atoms with E-state index in [9.17, 15) is 9.90 Å². The van der Waals surface area contributed by atoms with Crippen LogP contribution in [0.25, 0.3) is 11.3 Å². The zero-order valence-corrected chi connectivity index (χ0v) is 11.7. The van der Waals surface area contributed by atoms with Gasteiger partial charge in [-0.2, -0.15) is 0 Å². The number of halogens is 1. The molecule has 104 valence electrons. The van der Waals surface area contributed by atoms with Crippen LogP contribution in [0.5, 0.6) is 0 Å². The Balaban J connectivity index is 2.31. The van der Waals surface area contributed by atoms with Crippen LogP contribution in [0.4, 0.5) is 0 Å². The molecule has 0 bridgehead atoms. The molecule has 0 radical (unpaired) electrons. The second-order valence-electron chi connectivity index (χ2n) is 4.81. The first kappa shape index (κ1) is 13.1. The fraction of sp³-hybridized carbons (Fsp3) is 0.286. The third-order valence-electron chi connectivity index (χ3n) is 3.62. The van der Waals surface area contributed by atoms with Gasteiger partial charge in [0, 0.05) is 43.3 Å². The van der Waals surface area contributed by atoms with E-state index >= 15 is 0 Å². The smallest absolute Gasteiger partial charge is 0.339 e. The van der Waals surface area contributed by atoms with Crippen molar-refractivity contribution in [2.45, 2.75) is 20.0 Å². The van der Waals surface area contributed by atoms with Gasteiger partial charge < -0.3 is 15.0 Å². The number of aromatic nitrogens is 2. The molecule has 0 aromatic carbocycles. The van der Waals surface area contributed by atoms with Crippen molar-refractivity contribution in [3.8, 4) is 11.3 Å². The van der Waals surface area contributed by atoms with E-state index in [2.05, 4.69) is 10.3 Å². The highest BCUT2D eigenvalue weighted by atomic mass is 35.5. The molecule has 20 heavy (non-hydrogen) atoms. The van der Waals surface area contributed by atoms with Crippen molar-refractivity contribution in [2.75, 3.05) is 6.54 Å². The first-order valence-electron chi connectivity index (χ1n) is 6.37. The third kappa shape index (κ3) is 1.90. The first-order chi connectivity index (χ1) is 9.61. The second-order valence-corrected chi connectivity index (χ2v) is 5.19. The standard InChI is InChI=1S/C14H14ClN3O2/c1-8-2-3-16-6-9(8)13-12(15)11(14(19)20)10-7-17-4-5-18(10)13/h2-3,6,17H,4-5,7H2,1H3,(H,19,20). The van der Waals surface area contributed by atoms with Gasteiger partial charge in [-0.1, -0.05) is 11.6 Å². The second kappa shape index (κ2) is 4.92. The minimum atomic E-state index is -0.991. The van der Waals surface area contributed by atoms with E-state index in [-0.39, 0.29) is 5.56 Å². The molecular weight excluding hydrogens is 278 g/mol. The summed E-state index contributed by atoms with van der Waals surface area (Å²) < 4.78 is 1.99. The van der Waals surface area contributed by atoms with Gasteiger partial charge in [-0.05, 0) is 18.6 Å². The Hall–Kier alpha value is -1.85. The molecule has 5 nitrogen and oxygen atoms in total. The molecule has 3 rings (SSSR count). The predicted molar refractivity (Wildman–Crippen MR) is 76.1 cm³/mol. The number of rotatable bonds is 2. The number of fused-ring (bicyclic) bond motifs is 1. The Labute approximate surface area is 121 Å². The fourth-order valence-corrected chi connectivity index (χ4v) is 3.05. The monoisotopic (exact) mass is 291 g/mol. The van der Waals surface area contributed by atoms with Crippen molar-refractivity contribution in [1.82, 2.24) is 14.9 Å². The van der Waals surface area contributed by atoms with E-state index in [0.717, 1.165) is 29.1 Å². The lowest BCUT2D eigenvalue weighted by molar-refractivity contribution is 0.0695. The molecule has 1 aliphatic heterocycles. The van der Waals surface area contributed by atoms with E-state index in [1.165, 1.54) is 0 Å². The number of carboxylic acids is 1. The molecule has 0 unspecified atom stereocenters. The van der Waals surface area contributed by atoms with Crippen molar-refractivity contribution >= 4 is 17.6 Å². The van der Waals surface area contributed by atoms with Gasteiger partial charge in [-0.15, -0.1) is 0 Å². The number of aromatic carboxylic acids is 1. The molecule has 6 heteroatoms. The Morgan fingerprint density at radius 3 is 3.05 bits per heavy atom. The minimum Gasteiger partial charge on any atom is -0.478 e. The van der Waals surface area contributed by atoms with Crippen LogP contribution in [-0.2, 0) is 13.1 Å². The Bertz CT molecular complexity index is 694. The molecule has 2 aromatic rings. The highest BCUT2D eigenvalue weighted by Crippen LogP contribution is 2.37. The molecule has 0 amide bonds. The quantitative estimate of drug-likeness (QED) is 0.891. The van der Waals surface area contributed by atoms with Crippen LogP contribution in [0.15, 0.2) is 18.5 Å². The number of pyridine rings is 1. The molecule has 0 fully saturated rings. The van der Waals surface area contributed by atoms with Gasteiger partial charge in [0.15, 0.2) is 0 Å². The molecule has 0 saturated carbocycles. The highest BCUT2D eigenvalue weighted by Gasteiger charge is 2.28. The molecular formula is C14H14ClN3O2. The Kier molecular flexibility index (Phi) is 3.23. The summed E-state index contributed by atoms with van der Waals surface area (Å²) in [5.41, 5.74) is 3.58. The molecule has 3 heterocycles. The topological polar surface area (TPSA) is 67.1 Å². The SMILES string of the molecule is Cc1ccncc1-c1c(Cl)c(C(=O)O)c2n1CCNC2. The van der Waals surface area contributed by atoms with Gasteiger partial charge >= 0.3 is 5.97 Å². The van der Waals surface area contributed by atoms with Gasteiger partial charge in [0.05, 0.1) is 10.7 Å². The number of hydrogen-bond donors (Lipinski definition) is 2. The summed E-state index contributed by atoms with van der Waals surface area (Å²) >= 11 is 6.36. The van der Waals surface area contributed by atoms with E-state index in [1.807, 2.05) is 17.6 Å².